The van der Waals surface area contributed by atoms with Crippen LogP contribution in [0.4, 0.5) is 0 Å². The highest BCUT2D eigenvalue weighted by atomic mass is 32.1. The summed E-state index contributed by atoms with van der Waals surface area (Å²) >= 11 is 1.73. The molecule has 0 spiro atoms. The minimum absolute atomic E-state index is 0.134. The summed E-state index contributed by atoms with van der Waals surface area (Å²) in [4.78, 5) is 27.2. The number of amides is 2. The van der Waals surface area contributed by atoms with Crippen molar-refractivity contribution in [3.05, 3.63) is 22.4 Å². The second kappa shape index (κ2) is 7.90. The lowest BCUT2D eigenvalue weighted by Gasteiger charge is -2.36. The number of hydrogen-bond acceptors (Lipinski definition) is 5. The van der Waals surface area contributed by atoms with E-state index in [1.807, 2.05) is 0 Å². The van der Waals surface area contributed by atoms with Crippen LogP contribution in [0, 0.1) is 5.92 Å². The second-order valence-electron chi connectivity index (χ2n) is 6.55. The quantitative estimate of drug-likeness (QED) is 0.853. The molecule has 7 heteroatoms. The Hall–Kier alpha value is -1.73. The maximum Gasteiger partial charge on any atom is 0.267 e. The molecule has 0 aromatic carbocycles. The molecule has 0 saturated carbocycles. The lowest BCUT2D eigenvalue weighted by molar-refractivity contribution is -0.121. The molecule has 3 heterocycles. The van der Waals surface area contributed by atoms with Gasteiger partial charge in [0.2, 0.25) is 5.91 Å². The van der Waals surface area contributed by atoms with Crippen LogP contribution in [-0.4, -0.2) is 42.1 Å². The summed E-state index contributed by atoms with van der Waals surface area (Å²) in [6.07, 6.45) is 3.14. The first-order valence-electron chi connectivity index (χ1n) is 8.54. The van der Waals surface area contributed by atoms with Crippen LogP contribution in [0.1, 0.15) is 43.5 Å². The SMILES string of the molecule is CC1CCN([C@@H](CNC(=O)C2=NNC(=O)CC2)c2cccs2)CC1. The third-order valence-corrected chi connectivity index (χ3v) is 5.73. The maximum absolute atomic E-state index is 12.3. The fourth-order valence-electron chi connectivity index (χ4n) is 3.16. The highest BCUT2D eigenvalue weighted by molar-refractivity contribution is 7.10. The molecule has 1 atom stereocenters. The van der Waals surface area contributed by atoms with Gasteiger partial charge in [0, 0.05) is 24.3 Å². The zero-order valence-corrected chi connectivity index (χ0v) is 14.8. The molecule has 1 aromatic heterocycles. The van der Waals surface area contributed by atoms with Gasteiger partial charge in [-0.1, -0.05) is 13.0 Å². The van der Waals surface area contributed by atoms with Crippen molar-refractivity contribution in [1.82, 2.24) is 15.6 Å². The highest BCUT2D eigenvalue weighted by Gasteiger charge is 2.26. The first-order chi connectivity index (χ1) is 11.6. The highest BCUT2D eigenvalue weighted by Crippen LogP contribution is 2.29. The molecule has 24 heavy (non-hydrogen) atoms. The number of likely N-dealkylation sites (tertiary alicyclic amines) is 1. The Balaban J connectivity index is 1.62. The predicted molar refractivity (Wildman–Crippen MR) is 94.9 cm³/mol. The molecule has 0 bridgehead atoms. The smallest absolute Gasteiger partial charge is 0.267 e. The Labute approximate surface area is 146 Å². The van der Waals surface area contributed by atoms with Crippen LogP contribution >= 0.6 is 11.3 Å². The van der Waals surface area contributed by atoms with Crippen molar-refractivity contribution in [2.45, 2.75) is 38.6 Å². The lowest BCUT2D eigenvalue weighted by Crippen LogP contribution is -2.44. The van der Waals surface area contributed by atoms with Crippen molar-refractivity contribution in [2.24, 2.45) is 11.0 Å². The van der Waals surface area contributed by atoms with Crippen LogP contribution in [0.15, 0.2) is 22.6 Å². The van der Waals surface area contributed by atoms with Crippen LogP contribution in [0.25, 0.3) is 0 Å². The number of nitrogens with one attached hydrogen (secondary N) is 2. The van der Waals surface area contributed by atoms with Gasteiger partial charge < -0.3 is 5.32 Å². The Bertz CT molecular complexity index is 606. The molecule has 0 aliphatic carbocycles. The molecule has 6 nitrogen and oxygen atoms in total. The zero-order valence-electron chi connectivity index (χ0n) is 14.0. The third-order valence-electron chi connectivity index (χ3n) is 4.75. The molecule has 2 aliphatic heterocycles. The fourth-order valence-corrected chi connectivity index (χ4v) is 4.02. The molecule has 0 unspecified atom stereocenters. The van der Waals surface area contributed by atoms with E-state index in [0.29, 0.717) is 25.1 Å². The normalized spacial score (nSPS) is 21.0. The van der Waals surface area contributed by atoms with Gasteiger partial charge in [0.25, 0.3) is 5.91 Å². The van der Waals surface area contributed by atoms with Crippen LogP contribution in [-0.2, 0) is 9.59 Å². The largest absolute Gasteiger partial charge is 0.349 e. The summed E-state index contributed by atoms with van der Waals surface area (Å²) in [7, 11) is 0. The fraction of sp³-hybridized carbons (Fsp3) is 0.588. The van der Waals surface area contributed by atoms with Gasteiger partial charge in [-0.3, -0.25) is 14.5 Å². The van der Waals surface area contributed by atoms with Gasteiger partial charge in [-0.15, -0.1) is 11.3 Å². The summed E-state index contributed by atoms with van der Waals surface area (Å²) in [6, 6.07) is 4.40. The average molecular weight is 348 g/mol. The summed E-state index contributed by atoms with van der Waals surface area (Å²) in [5.41, 5.74) is 2.79. The third kappa shape index (κ3) is 4.21. The Morgan fingerprint density at radius 1 is 1.46 bits per heavy atom. The van der Waals surface area contributed by atoms with Gasteiger partial charge in [0.05, 0.1) is 6.04 Å². The van der Waals surface area contributed by atoms with Crippen molar-refractivity contribution < 1.29 is 9.59 Å². The van der Waals surface area contributed by atoms with Crippen LogP contribution in [0.3, 0.4) is 0 Å². The van der Waals surface area contributed by atoms with Gasteiger partial charge in [0.15, 0.2) is 0 Å². The monoisotopic (exact) mass is 348 g/mol. The average Bonchev–Trinajstić information content (AvgIpc) is 3.11. The van der Waals surface area contributed by atoms with E-state index in [1.54, 1.807) is 11.3 Å². The molecule has 130 valence electrons. The minimum Gasteiger partial charge on any atom is -0.349 e. The number of carbonyl (C=O) groups excluding carboxylic acids is 2. The van der Waals surface area contributed by atoms with E-state index in [0.717, 1.165) is 19.0 Å². The first kappa shape index (κ1) is 17.1. The summed E-state index contributed by atoms with van der Waals surface area (Å²) < 4.78 is 0. The van der Waals surface area contributed by atoms with Gasteiger partial charge >= 0.3 is 0 Å². The van der Waals surface area contributed by atoms with Crippen LogP contribution in [0.2, 0.25) is 0 Å². The number of hydrogen-bond donors (Lipinski definition) is 2. The van der Waals surface area contributed by atoms with E-state index < -0.39 is 0 Å². The van der Waals surface area contributed by atoms with Crippen LogP contribution in [0.5, 0.6) is 0 Å². The van der Waals surface area contributed by atoms with Gasteiger partial charge in [0.1, 0.15) is 5.71 Å². The van der Waals surface area contributed by atoms with Gasteiger partial charge in [-0.25, -0.2) is 5.43 Å². The van der Waals surface area contributed by atoms with E-state index in [9.17, 15) is 9.59 Å². The molecular weight excluding hydrogens is 324 g/mol. The Morgan fingerprint density at radius 3 is 2.88 bits per heavy atom. The van der Waals surface area contributed by atoms with Crippen molar-refractivity contribution >= 4 is 28.9 Å². The van der Waals surface area contributed by atoms with E-state index in [2.05, 4.69) is 45.2 Å². The number of carbonyl (C=O) groups is 2. The molecule has 1 saturated heterocycles. The maximum atomic E-state index is 12.3. The molecule has 0 radical (unpaired) electrons. The molecule has 3 rings (SSSR count). The van der Waals surface area contributed by atoms with Crippen molar-refractivity contribution in [3.63, 3.8) is 0 Å². The predicted octanol–water partition coefficient (Wildman–Crippen LogP) is 1.90. The van der Waals surface area contributed by atoms with E-state index in [4.69, 9.17) is 0 Å². The van der Waals surface area contributed by atoms with E-state index in [-0.39, 0.29) is 17.9 Å². The van der Waals surface area contributed by atoms with Crippen LogP contribution < -0.4 is 10.7 Å². The van der Waals surface area contributed by atoms with E-state index in [1.165, 1.54) is 17.7 Å². The lowest BCUT2D eigenvalue weighted by atomic mass is 9.97. The molecule has 2 N–H and O–H groups in total. The number of nitrogens with zero attached hydrogens (tertiary/aromatic N) is 2. The summed E-state index contributed by atoms with van der Waals surface area (Å²) in [5, 5.41) is 8.96. The van der Waals surface area contributed by atoms with Gasteiger partial charge in [-0.05, 0) is 43.3 Å². The minimum atomic E-state index is -0.179. The van der Waals surface area contributed by atoms with Crippen molar-refractivity contribution in [3.8, 4) is 0 Å². The van der Waals surface area contributed by atoms with Gasteiger partial charge in [-0.2, -0.15) is 5.10 Å². The first-order valence-corrected chi connectivity index (χ1v) is 9.42. The molecule has 2 aliphatic rings. The number of piperidine rings is 1. The summed E-state index contributed by atoms with van der Waals surface area (Å²) in [6.45, 7) is 5.00. The topological polar surface area (TPSA) is 73.8 Å². The molecule has 2 amide bonds. The molecule has 1 aromatic rings. The van der Waals surface area contributed by atoms with Crippen molar-refractivity contribution in [1.29, 1.82) is 0 Å². The van der Waals surface area contributed by atoms with E-state index >= 15 is 0 Å². The Morgan fingerprint density at radius 2 is 2.25 bits per heavy atom. The zero-order chi connectivity index (χ0) is 16.9. The Kier molecular flexibility index (Phi) is 5.63. The molecule has 1 fully saturated rings. The number of rotatable bonds is 5. The number of hydrazone groups is 1. The second-order valence-corrected chi connectivity index (χ2v) is 7.53. The summed E-state index contributed by atoms with van der Waals surface area (Å²) in [5.74, 6) is 0.465. The number of thiophene rings is 1. The van der Waals surface area contributed by atoms with Crippen molar-refractivity contribution in [2.75, 3.05) is 19.6 Å². The standard InChI is InChI=1S/C17H24N4O2S/c1-12-6-8-21(9-7-12)14(15-3-2-10-24-15)11-18-17(23)13-4-5-16(22)20-19-13/h2-3,10,12,14H,4-9,11H2,1H3,(H,18,23)(H,20,22)/t14-/m0/s1. The molecular formula is C17H24N4O2S.